The lowest BCUT2D eigenvalue weighted by molar-refractivity contribution is 0.478. The van der Waals surface area contributed by atoms with Crippen LogP contribution in [-0.4, -0.2) is 0 Å². The number of hydrogen-bond acceptors (Lipinski definition) is 0. The minimum atomic E-state index is 0.842. The van der Waals surface area contributed by atoms with Gasteiger partial charge in [-0.05, 0) is 31.1 Å². The molecule has 16 heavy (non-hydrogen) atoms. The molecule has 96 valence electrons. The lowest BCUT2D eigenvalue weighted by Crippen LogP contribution is -1.97. The van der Waals surface area contributed by atoms with Crippen LogP contribution < -0.4 is 0 Å². The van der Waals surface area contributed by atoms with Crippen molar-refractivity contribution in [3.05, 3.63) is 12.2 Å². The molecule has 0 saturated heterocycles. The number of unbranched alkanes of at least 4 members (excludes halogenated alkanes) is 2. The highest BCUT2D eigenvalue weighted by molar-refractivity contribution is 4.95. The predicted molar refractivity (Wildman–Crippen MR) is 75.8 cm³/mol. The average molecular weight is 224 g/mol. The van der Waals surface area contributed by atoms with E-state index in [-0.39, 0.29) is 0 Å². The van der Waals surface area contributed by atoms with E-state index in [2.05, 4.69) is 34.3 Å². The largest absolute Gasteiger partial charge is 0.0999 e. The molecule has 0 fully saturated rings. The Bertz CT molecular complexity index is 167. The monoisotopic (exact) mass is 224 g/mol. The van der Waals surface area contributed by atoms with Gasteiger partial charge in [0.25, 0.3) is 0 Å². The molecule has 0 bridgehead atoms. The zero-order valence-corrected chi connectivity index (χ0v) is 12.0. The Balaban J connectivity index is 3.46. The van der Waals surface area contributed by atoms with E-state index in [0.717, 1.165) is 11.8 Å². The molecule has 0 aromatic heterocycles. The standard InChI is InChI=1S/C16H32/c1-6-7-8-11-15(4)13-16(5)12-9-10-14(2)3/h14-15H,5-13H2,1-4H3. The molecule has 1 atom stereocenters. The second-order valence-corrected chi connectivity index (χ2v) is 5.84. The van der Waals surface area contributed by atoms with Crippen LogP contribution >= 0.6 is 0 Å². The zero-order valence-electron chi connectivity index (χ0n) is 12.0. The van der Waals surface area contributed by atoms with Crippen molar-refractivity contribution in [2.24, 2.45) is 11.8 Å². The van der Waals surface area contributed by atoms with Crippen molar-refractivity contribution in [1.82, 2.24) is 0 Å². The van der Waals surface area contributed by atoms with E-state index in [4.69, 9.17) is 0 Å². The van der Waals surface area contributed by atoms with Crippen LogP contribution in [0.3, 0.4) is 0 Å². The van der Waals surface area contributed by atoms with Gasteiger partial charge in [-0.2, -0.15) is 0 Å². The molecule has 1 unspecified atom stereocenters. The maximum atomic E-state index is 4.22. The Morgan fingerprint density at radius 2 is 1.69 bits per heavy atom. The number of allylic oxidation sites excluding steroid dienone is 1. The Hall–Kier alpha value is -0.260. The van der Waals surface area contributed by atoms with Gasteiger partial charge in [-0.25, -0.2) is 0 Å². The third-order valence-corrected chi connectivity index (χ3v) is 3.25. The molecule has 0 rings (SSSR count). The minimum Gasteiger partial charge on any atom is -0.0999 e. The summed E-state index contributed by atoms with van der Waals surface area (Å²) in [6.07, 6.45) is 10.7. The SMILES string of the molecule is C=C(CCCC(C)C)CC(C)CCCCC. The van der Waals surface area contributed by atoms with Crippen molar-refractivity contribution in [2.45, 2.75) is 79.1 Å². The summed E-state index contributed by atoms with van der Waals surface area (Å²) in [6.45, 7) is 13.5. The van der Waals surface area contributed by atoms with Gasteiger partial charge in [-0.1, -0.05) is 72.0 Å². The fourth-order valence-corrected chi connectivity index (χ4v) is 2.20. The van der Waals surface area contributed by atoms with Gasteiger partial charge in [-0.3, -0.25) is 0 Å². The van der Waals surface area contributed by atoms with E-state index in [1.165, 1.54) is 56.9 Å². The van der Waals surface area contributed by atoms with Crippen LogP contribution in [0.5, 0.6) is 0 Å². The molecule has 0 nitrogen and oxygen atoms in total. The van der Waals surface area contributed by atoms with E-state index in [1.54, 1.807) is 0 Å². The van der Waals surface area contributed by atoms with Crippen LogP contribution in [0.4, 0.5) is 0 Å². The lowest BCUT2D eigenvalue weighted by Gasteiger charge is -2.13. The quantitative estimate of drug-likeness (QED) is 0.316. The third-order valence-electron chi connectivity index (χ3n) is 3.25. The van der Waals surface area contributed by atoms with Crippen molar-refractivity contribution in [3.8, 4) is 0 Å². The molecule has 0 aliphatic rings. The summed E-state index contributed by atoms with van der Waals surface area (Å²) >= 11 is 0. The predicted octanol–water partition coefficient (Wildman–Crippen LogP) is 5.98. The number of rotatable bonds is 10. The Kier molecular flexibility index (Phi) is 9.77. The molecular formula is C16H32. The summed E-state index contributed by atoms with van der Waals surface area (Å²) in [4.78, 5) is 0. The molecule has 0 saturated carbocycles. The van der Waals surface area contributed by atoms with Gasteiger partial charge in [0.1, 0.15) is 0 Å². The summed E-state index contributed by atoms with van der Waals surface area (Å²) in [5, 5.41) is 0. The van der Waals surface area contributed by atoms with Crippen LogP contribution in [0.25, 0.3) is 0 Å². The highest BCUT2D eigenvalue weighted by atomic mass is 14.1. The van der Waals surface area contributed by atoms with Gasteiger partial charge in [0.15, 0.2) is 0 Å². The van der Waals surface area contributed by atoms with Crippen molar-refractivity contribution < 1.29 is 0 Å². The lowest BCUT2D eigenvalue weighted by atomic mass is 9.93. The van der Waals surface area contributed by atoms with Crippen molar-refractivity contribution in [3.63, 3.8) is 0 Å². The van der Waals surface area contributed by atoms with Gasteiger partial charge in [-0.15, -0.1) is 0 Å². The summed E-state index contributed by atoms with van der Waals surface area (Å²) < 4.78 is 0. The van der Waals surface area contributed by atoms with Crippen LogP contribution in [0.2, 0.25) is 0 Å². The molecular weight excluding hydrogens is 192 g/mol. The first-order valence-electron chi connectivity index (χ1n) is 7.22. The summed E-state index contributed by atoms with van der Waals surface area (Å²) in [6, 6.07) is 0. The van der Waals surface area contributed by atoms with Crippen molar-refractivity contribution in [1.29, 1.82) is 0 Å². The van der Waals surface area contributed by atoms with Gasteiger partial charge < -0.3 is 0 Å². The van der Waals surface area contributed by atoms with E-state index >= 15 is 0 Å². The average Bonchev–Trinajstić information content (AvgIpc) is 2.17. The fraction of sp³-hybridized carbons (Fsp3) is 0.875. The molecule has 0 N–H and O–H groups in total. The molecule has 0 heteroatoms. The maximum Gasteiger partial charge on any atom is -0.0297 e. The first-order chi connectivity index (χ1) is 7.56. The van der Waals surface area contributed by atoms with Gasteiger partial charge in [0.2, 0.25) is 0 Å². The van der Waals surface area contributed by atoms with Crippen LogP contribution in [0, 0.1) is 11.8 Å². The summed E-state index contributed by atoms with van der Waals surface area (Å²) in [5.41, 5.74) is 1.48. The third kappa shape index (κ3) is 10.3. The van der Waals surface area contributed by atoms with E-state index < -0.39 is 0 Å². The van der Waals surface area contributed by atoms with Crippen LogP contribution in [-0.2, 0) is 0 Å². The topological polar surface area (TPSA) is 0 Å². The number of hydrogen-bond donors (Lipinski definition) is 0. The summed E-state index contributed by atoms with van der Waals surface area (Å²) in [5.74, 6) is 1.69. The van der Waals surface area contributed by atoms with Crippen molar-refractivity contribution in [2.75, 3.05) is 0 Å². The van der Waals surface area contributed by atoms with Crippen LogP contribution in [0.1, 0.15) is 79.1 Å². The maximum absolute atomic E-state index is 4.22. The van der Waals surface area contributed by atoms with E-state index in [0.29, 0.717) is 0 Å². The highest BCUT2D eigenvalue weighted by Crippen LogP contribution is 2.21. The Morgan fingerprint density at radius 1 is 1.00 bits per heavy atom. The highest BCUT2D eigenvalue weighted by Gasteiger charge is 2.04. The van der Waals surface area contributed by atoms with E-state index in [1.807, 2.05) is 0 Å². The van der Waals surface area contributed by atoms with Crippen LogP contribution in [0.15, 0.2) is 12.2 Å². The van der Waals surface area contributed by atoms with Gasteiger partial charge in [0, 0.05) is 0 Å². The molecule has 0 aromatic rings. The van der Waals surface area contributed by atoms with Gasteiger partial charge >= 0.3 is 0 Å². The second-order valence-electron chi connectivity index (χ2n) is 5.84. The first kappa shape index (κ1) is 15.7. The summed E-state index contributed by atoms with van der Waals surface area (Å²) in [7, 11) is 0. The smallest absolute Gasteiger partial charge is 0.0297 e. The fourth-order valence-electron chi connectivity index (χ4n) is 2.20. The molecule has 0 radical (unpaired) electrons. The minimum absolute atomic E-state index is 0.842. The van der Waals surface area contributed by atoms with Gasteiger partial charge in [0.05, 0.1) is 0 Å². The van der Waals surface area contributed by atoms with E-state index in [9.17, 15) is 0 Å². The zero-order chi connectivity index (χ0) is 12.4. The van der Waals surface area contributed by atoms with Crippen molar-refractivity contribution >= 4 is 0 Å². The first-order valence-corrected chi connectivity index (χ1v) is 7.22. The Morgan fingerprint density at radius 3 is 2.25 bits per heavy atom. The molecule has 0 aliphatic carbocycles. The molecule has 0 heterocycles. The molecule has 0 aliphatic heterocycles. The molecule has 0 spiro atoms. The Labute approximate surface area is 104 Å². The second kappa shape index (κ2) is 9.93. The normalized spacial score (nSPS) is 13.1. The molecule has 0 amide bonds. The molecule has 0 aromatic carbocycles.